The lowest BCUT2D eigenvalue weighted by molar-refractivity contribution is 0.00696. The number of nitrogens with zero attached hydrogens (tertiary/aromatic N) is 3. The monoisotopic (exact) mass is 407 g/mol. The molecule has 1 aromatic carbocycles. The lowest BCUT2D eigenvalue weighted by Crippen LogP contribution is -2.35. The standard InChI is InChI=1S/C20H23ClFN3O3/c1-20(2,3)28-19(26)15-10-17(14-9-12(21)5-6-16(14)22)23-24-18(15)25(4)13-7-8-27-11-13/h5-6,9-10,13H,7-8,11H2,1-4H3. The summed E-state index contributed by atoms with van der Waals surface area (Å²) in [6.07, 6.45) is 0.816. The number of rotatable bonds is 4. The number of hydrogen-bond acceptors (Lipinski definition) is 6. The highest BCUT2D eigenvalue weighted by molar-refractivity contribution is 6.30. The molecule has 2 heterocycles. The highest BCUT2D eigenvalue weighted by Crippen LogP contribution is 2.29. The van der Waals surface area contributed by atoms with Gasteiger partial charge in [0.25, 0.3) is 0 Å². The maximum absolute atomic E-state index is 14.3. The van der Waals surface area contributed by atoms with Gasteiger partial charge in [-0.05, 0) is 51.5 Å². The van der Waals surface area contributed by atoms with E-state index in [4.69, 9.17) is 21.1 Å². The van der Waals surface area contributed by atoms with E-state index in [1.165, 1.54) is 24.3 Å². The molecule has 28 heavy (non-hydrogen) atoms. The molecule has 1 saturated heterocycles. The van der Waals surface area contributed by atoms with Crippen molar-refractivity contribution in [3.63, 3.8) is 0 Å². The van der Waals surface area contributed by atoms with Crippen LogP contribution in [0.5, 0.6) is 0 Å². The van der Waals surface area contributed by atoms with Crippen molar-refractivity contribution in [3.05, 3.63) is 40.7 Å². The van der Waals surface area contributed by atoms with E-state index in [0.717, 1.165) is 6.42 Å². The topological polar surface area (TPSA) is 64.6 Å². The van der Waals surface area contributed by atoms with Crippen LogP contribution in [0.15, 0.2) is 24.3 Å². The van der Waals surface area contributed by atoms with Gasteiger partial charge in [0, 0.05) is 24.2 Å². The fraction of sp³-hybridized carbons (Fsp3) is 0.450. The first-order valence-electron chi connectivity index (χ1n) is 9.03. The second-order valence-corrected chi connectivity index (χ2v) is 8.16. The van der Waals surface area contributed by atoms with E-state index in [1.54, 1.807) is 20.8 Å². The fourth-order valence-corrected chi connectivity index (χ4v) is 3.13. The van der Waals surface area contributed by atoms with Gasteiger partial charge in [-0.3, -0.25) is 0 Å². The number of esters is 1. The molecular weight excluding hydrogens is 385 g/mol. The van der Waals surface area contributed by atoms with Gasteiger partial charge in [0.1, 0.15) is 17.0 Å². The van der Waals surface area contributed by atoms with Crippen LogP contribution in [0, 0.1) is 5.82 Å². The van der Waals surface area contributed by atoms with Gasteiger partial charge >= 0.3 is 5.97 Å². The quantitative estimate of drug-likeness (QED) is 0.710. The second-order valence-electron chi connectivity index (χ2n) is 7.72. The molecule has 1 aliphatic heterocycles. The Labute approximate surface area is 168 Å². The van der Waals surface area contributed by atoms with Crippen LogP contribution in [-0.4, -0.2) is 48.1 Å². The van der Waals surface area contributed by atoms with E-state index in [2.05, 4.69) is 10.2 Å². The molecule has 1 aromatic heterocycles. The highest BCUT2D eigenvalue weighted by atomic mass is 35.5. The maximum atomic E-state index is 14.3. The Morgan fingerprint density at radius 1 is 1.32 bits per heavy atom. The summed E-state index contributed by atoms with van der Waals surface area (Å²) in [5, 5.41) is 8.74. The third-order valence-corrected chi connectivity index (χ3v) is 4.62. The first-order chi connectivity index (χ1) is 13.2. The Bertz CT molecular complexity index is 879. The third-order valence-electron chi connectivity index (χ3n) is 4.39. The second kappa shape index (κ2) is 8.01. The summed E-state index contributed by atoms with van der Waals surface area (Å²) >= 11 is 6.00. The van der Waals surface area contributed by atoms with Gasteiger partial charge < -0.3 is 14.4 Å². The first-order valence-corrected chi connectivity index (χ1v) is 9.40. The van der Waals surface area contributed by atoms with Gasteiger partial charge in [-0.15, -0.1) is 10.2 Å². The largest absolute Gasteiger partial charge is 0.456 e. The van der Waals surface area contributed by atoms with Crippen LogP contribution in [0.3, 0.4) is 0 Å². The van der Waals surface area contributed by atoms with E-state index in [9.17, 15) is 9.18 Å². The zero-order valence-corrected chi connectivity index (χ0v) is 17.1. The molecule has 150 valence electrons. The minimum absolute atomic E-state index is 0.0734. The summed E-state index contributed by atoms with van der Waals surface area (Å²) in [4.78, 5) is 14.7. The van der Waals surface area contributed by atoms with E-state index >= 15 is 0 Å². The SMILES string of the molecule is CN(c1nnc(-c2cc(Cl)ccc2F)cc1C(=O)OC(C)(C)C)C1CCOC1. The predicted octanol–water partition coefficient (Wildman–Crippen LogP) is 4.12. The van der Waals surface area contributed by atoms with Crippen molar-refractivity contribution in [2.75, 3.05) is 25.2 Å². The molecule has 0 amide bonds. The van der Waals surface area contributed by atoms with Crippen molar-refractivity contribution in [2.24, 2.45) is 0 Å². The molecule has 0 spiro atoms. The minimum Gasteiger partial charge on any atom is -0.456 e. The third kappa shape index (κ3) is 4.59. The van der Waals surface area contributed by atoms with Gasteiger partial charge in [-0.2, -0.15) is 0 Å². The van der Waals surface area contributed by atoms with Crippen molar-refractivity contribution in [2.45, 2.75) is 38.8 Å². The van der Waals surface area contributed by atoms with E-state index < -0.39 is 17.4 Å². The van der Waals surface area contributed by atoms with Crippen LogP contribution < -0.4 is 4.90 Å². The fourth-order valence-electron chi connectivity index (χ4n) is 2.95. The zero-order chi connectivity index (χ0) is 20.5. The van der Waals surface area contributed by atoms with Crippen molar-refractivity contribution >= 4 is 23.4 Å². The van der Waals surface area contributed by atoms with Crippen LogP contribution in [0.2, 0.25) is 5.02 Å². The summed E-state index contributed by atoms with van der Waals surface area (Å²) in [6, 6.07) is 5.72. The molecular formula is C20H23ClFN3O3. The van der Waals surface area contributed by atoms with Crippen LogP contribution in [0.1, 0.15) is 37.6 Å². The molecule has 8 heteroatoms. The van der Waals surface area contributed by atoms with Crippen molar-refractivity contribution < 1.29 is 18.7 Å². The Morgan fingerprint density at radius 2 is 2.07 bits per heavy atom. The molecule has 0 aliphatic carbocycles. The Hall–Kier alpha value is -2.25. The van der Waals surface area contributed by atoms with Crippen LogP contribution in [0.4, 0.5) is 10.2 Å². The summed E-state index contributed by atoms with van der Waals surface area (Å²) in [5.74, 6) is -0.679. The summed E-state index contributed by atoms with van der Waals surface area (Å²) < 4.78 is 25.3. The summed E-state index contributed by atoms with van der Waals surface area (Å²) in [6.45, 7) is 6.54. The van der Waals surface area contributed by atoms with Gasteiger partial charge in [0.2, 0.25) is 0 Å². The Balaban J connectivity index is 2.07. The molecule has 3 rings (SSSR count). The normalized spacial score (nSPS) is 16.9. The molecule has 1 atom stereocenters. The molecule has 0 bridgehead atoms. The van der Waals surface area contributed by atoms with E-state index in [0.29, 0.717) is 24.1 Å². The van der Waals surface area contributed by atoms with E-state index in [1.807, 2.05) is 11.9 Å². The molecule has 1 fully saturated rings. The minimum atomic E-state index is -0.686. The van der Waals surface area contributed by atoms with Gasteiger partial charge in [-0.25, -0.2) is 9.18 Å². The predicted molar refractivity (Wildman–Crippen MR) is 105 cm³/mol. The lowest BCUT2D eigenvalue weighted by Gasteiger charge is -2.27. The number of likely N-dealkylation sites (N-methyl/N-ethyl adjacent to an activating group) is 1. The van der Waals surface area contributed by atoms with E-state index in [-0.39, 0.29) is 22.9 Å². The molecule has 1 unspecified atom stereocenters. The molecule has 2 aromatic rings. The van der Waals surface area contributed by atoms with Crippen LogP contribution in [0.25, 0.3) is 11.3 Å². The van der Waals surface area contributed by atoms with Gasteiger partial charge in [0.05, 0.1) is 18.3 Å². The number of hydrogen-bond donors (Lipinski definition) is 0. The number of aromatic nitrogens is 2. The zero-order valence-electron chi connectivity index (χ0n) is 16.3. The smallest absolute Gasteiger partial charge is 0.342 e. The number of benzene rings is 1. The summed E-state index contributed by atoms with van der Waals surface area (Å²) in [5.41, 5.74) is -0.0914. The maximum Gasteiger partial charge on any atom is 0.342 e. The number of carbonyl (C=O) groups excluding carboxylic acids is 1. The van der Waals surface area contributed by atoms with Crippen LogP contribution in [-0.2, 0) is 9.47 Å². The van der Waals surface area contributed by atoms with Crippen LogP contribution >= 0.6 is 11.6 Å². The Morgan fingerprint density at radius 3 is 2.71 bits per heavy atom. The van der Waals surface area contributed by atoms with Gasteiger partial charge in [-0.1, -0.05) is 11.6 Å². The van der Waals surface area contributed by atoms with Gasteiger partial charge in [0.15, 0.2) is 5.82 Å². The number of anilines is 1. The first kappa shape index (κ1) is 20.5. The van der Waals surface area contributed by atoms with Crippen molar-refractivity contribution in [3.8, 4) is 11.3 Å². The van der Waals surface area contributed by atoms with Crippen molar-refractivity contribution in [1.29, 1.82) is 0 Å². The molecule has 0 N–H and O–H groups in total. The van der Waals surface area contributed by atoms with Crippen molar-refractivity contribution in [1.82, 2.24) is 10.2 Å². The number of halogens is 2. The average Bonchev–Trinajstić information content (AvgIpc) is 3.16. The molecule has 6 nitrogen and oxygen atoms in total. The average molecular weight is 408 g/mol. The lowest BCUT2D eigenvalue weighted by atomic mass is 10.1. The Kier molecular flexibility index (Phi) is 5.86. The number of ether oxygens (including phenoxy) is 2. The number of carbonyl (C=O) groups is 1. The molecule has 1 aliphatic rings. The highest BCUT2D eigenvalue weighted by Gasteiger charge is 2.29. The molecule has 0 saturated carbocycles. The molecule has 0 radical (unpaired) electrons. The summed E-state index contributed by atoms with van der Waals surface area (Å²) in [7, 11) is 1.83.